The molecule has 6 atom stereocenters. The highest BCUT2D eigenvalue weighted by Crippen LogP contribution is 2.29. The Bertz CT molecular complexity index is 395. The average Bonchev–Trinajstić information content (AvgIpc) is 2.45. The smallest absolute Gasteiger partial charge is 0.117 e. The molecule has 0 radical (unpaired) electrons. The molecular weight excluding hydrogens is 252 g/mol. The molecule has 0 amide bonds. The van der Waals surface area contributed by atoms with Crippen molar-refractivity contribution in [2.75, 3.05) is 6.61 Å². The van der Waals surface area contributed by atoms with Gasteiger partial charge in [0, 0.05) is 0 Å². The number of hydrogen-bond acceptors (Lipinski definition) is 6. The van der Waals surface area contributed by atoms with Crippen molar-refractivity contribution in [3.8, 4) is 0 Å². The molecule has 106 valence electrons. The van der Waals surface area contributed by atoms with Crippen molar-refractivity contribution >= 4 is 0 Å². The number of rotatable bonds is 3. The number of aliphatic hydroxyl groups excluding tert-OH is 5. The third kappa shape index (κ3) is 2.79. The molecule has 5 N–H and O–H groups in total. The van der Waals surface area contributed by atoms with E-state index in [1.54, 1.807) is 30.3 Å². The summed E-state index contributed by atoms with van der Waals surface area (Å²) in [5, 5.41) is 48.4. The van der Waals surface area contributed by atoms with Crippen molar-refractivity contribution in [3.05, 3.63) is 35.9 Å². The molecule has 0 aliphatic carbocycles. The minimum absolute atomic E-state index is 0.511. The Morgan fingerprint density at radius 1 is 1.00 bits per heavy atom. The van der Waals surface area contributed by atoms with Gasteiger partial charge in [0.2, 0.25) is 0 Å². The van der Waals surface area contributed by atoms with Gasteiger partial charge in [-0.2, -0.15) is 0 Å². The number of aliphatic hydroxyl groups is 5. The van der Waals surface area contributed by atoms with Gasteiger partial charge in [0.25, 0.3) is 0 Å². The van der Waals surface area contributed by atoms with Gasteiger partial charge in [-0.1, -0.05) is 30.3 Å². The number of hydrogen-bond donors (Lipinski definition) is 5. The van der Waals surface area contributed by atoms with Crippen LogP contribution in [0.3, 0.4) is 0 Å². The van der Waals surface area contributed by atoms with Crippen LogP contribution in [0.15, 0.2) is 30.3 Å². The minimum Gasteiger partial charge on any atom is -0.394 e. The lowest BCUT2D eigenvalue weighted by atomic mass is 9.90. The molecular formula is C13H18O6. The summed E-state index contributed by atoms with van der Waals surface area (Å²) in [6.45, 7) is -0.511. The van der Waals surface area contributed by atoms with E-state index in [0.29, 0.717) is 5.56 Å². The molecule has 2 unspecified atom stereocenters. The summed E-state index contributed by atoms with van der Waals surface area (Å²) in [7, 11) is 0. The van der Waals surface area contributed by atoms with Crippen LogP contribution in [-0.2, 0) is 4.74 Å². The van der Waals surface area contributed by atoms with Crippen molar-refractivity contribution in [2.45, 2.75) is 36.6 Å². The zero-order chi connectivity index (χ0) is 14.0. The summed E-state index contributed by atoms with van der Waals surface area (Å²) in [6, 6.07) is 8.55. The van der Waals surface area contributed by atoms with Crippen LogP contribution in [-0.4, -0.2) is 62.7 Å². The lowest BCUT2D eigenvalue weighted by Gasteiger charge is -2.41. The zero-order valence-electron chi connectivity index (χ0n) is 10.2. The molecule has 0 spiro atoms. The van der Waals surface area contributed by atoms with Crippen LogP contribution < -0.4 is 0 Å². The molecule has 2 rings (SSSR count). The minimum atomic E-state index is -1.48. The van der Waals surface area contributed by atoms with Gasteiger partial charge in [-0.25, -0.2) is 0 Å². The fourth-order valence-corrected chi connectivity index (χ4v) is 2.23. The highest BCUT2D eigenvalue weighted by Gasteiger charge is 2.46. The molecule has 6 heteroatoms. The van der Waals surface area contributed by atoms with E-state index in [9.17, 15) is 20.4 Å². The quantitative estimate of drug-likeness (QED) is 0.460. The molecule has 0 bridgehead atoms. The van der Waals surface area contributed by atoms with Crippen LogP contribution in [0.1, 0.15) is 11.7 Å². The van der Waals surface area contributed by atoms with Gasteiger partial charge in [0.05, 0.1) is 6.61 Å². The first-order valence-electron chi connectivity index (χ1n) is 6.09. The third-order valence-electron chi connectivity index (χ3n) is 3.38. The largest absolute Gasteiger partial charge is 0.394 e. The fraction of sp³-hybridized carbons (Fsp3) is 0.538. The summed E-state index contributed by atoms with van der Waals surface area (Å²) >= 11 is 0. The monoisotopic (exact) mass is 270 g/mol. The molecule has 1 aliphatic heterocycles. The SMILES string of the molecule is OC[C@H]1OC(C(O)c2ccccc2)[C@H](O)[C@@H](O)[C@H]1O. The molecule has 1 aromatic carbocycles. The van der Waals surface area contributed by atoms with Crippen LogP contribution in [0, 0.1) is 0 Å². The summed E-state index contributed by atoms with van der Waals surface area (Å²) < 4.78 is 5.29. The Morgan fingerprint density at radius 2 is 1.63 bits per heavy atom. The van der Waals surface area contributed by atoms with E-state index >= 15 is 0 Å². The summed E-state index contributed by atoms with van der Waals surface area (Å²) in [6.07, 6.45) is -7.62. The van der Waals surface area contributed by atoms with E-state index in [1.807, 2.05) is 0 Å². The second-order valence-electron chi connectivity index (χ2n) is 4.65. The molecule has 0 saturated carbocycles. The highest BCUT2D eigenvalue weighted by molar-refractivity contribution is 5.19. The van der Waals surface area contributed by atoms with Gasteiger partial charge in [-0.05, 0) is 5.56 Å². The van der Waals surface area contributed by atoms with Gasteiger partial charge in [-0.3, -0.25) is 0 Å². The Hall–Kier alpha value is -1.02. The summed E-state index contributed by atoms with van der Waals surface area (Å²) in [5.41, 5.74) is 0.520. The predicted molar refractivity (Wildman–Crippen MR) is 65.2 cm³/mol. The van der Waals surface area contributed by atoms with Crippen LogP contribution >= 0.6 is 0 Å². The Balaban J connectivity index is 2.19. The third-order valence-corrected chi connectivity index (χ3v) is 3.38. The second-order valence-corrected chi connectivity index (χ2v) is 4.65. The number of benzene rings is 1. The first-order chi connectivity index (χ1) is 9.06. The van der Waals surface area contributed by atoms with Crippen molar-refractivity contribution in [3.63, 3.8) is 0 Å². The number of ether oxygens (including phenoxy) is 1. The van der Waals surface area contributed by atoms with Crippen molar-refractivity contribution < 1.29 is 30.3 Å². The highest BCUT2D eigenvalue weighted by atomic mass is 16.6. The van der Waals surface area contributed by atoms with Gasteiger partial charge in [-0.15, -0.1) is 0 Å². The van der Waals surface area contributed by atoms with E-state index in [0.717, 1.165) is 0 Å². The molecule has 19 heavy (non-hydrogen) atoms. The standard InChI is InChI=1S/C13H18O6/c14-6-8-10(16)11(17)12(18)13(19-8)9(15)7-4-2-1-3-5-7/h1-5,8-18H,6H2/t8-,9?,10+,11+,12-,13?/m1/s1. The average molecular weight is 270 g/mol. The van der Waals surface area contributed by atoms with Crippen molar-refractivity contribution in [1.29, 1.82) is 0 Å². The second kappa shape index (κ2) is 5.96. The predicted octanol–water partition coefficient (Wildman–Crippen LogP) is -1.44. The Labute approximate surface area is 110 Å². The molecule has 1 heterocycles. The van der Waals surface area contributed by atoms with Crippen molar-refractivity contribution in [1.82, 2.24) is 0 Å². The topological polar surface area (TPSA) is 110 Å². The van der Waals surface area contributed by atoms with Crippen LogP contribution in [0.4, 0.5) is 0 Å². The van der Waals surface area contributed by atoms with E-state index in [-0.39, 0.29) is 0 Å². The molecule has 1 aliphatic rings. The summed E-state index contributed by atoms with van der Waals surface area (Å²) in [4.78, 5) is 0. The maximum Gasteiger partial charge on any atom is 0.117 e. The first-order valence-corrected chi connectivity index (χ1v) is 6.09. The summed E-state index contributed by atoms with van der Waals surface area (Å²) in [5.74, 6) is 0. The Morgan fingerprint density at radius 3 is 2.21 bits per heavy atom. The first kappa shape index (κ1) is 14.4. The van der Waals surface area contributed by atoms with Crippen LogP contribution in [0.2, 0.25) is 0 Å². The van der Waals surface area contributed by atoms with Crippen LogP contribution in [0.25, 0.3) is 0 Å². The van der Waals surface area contributed by atoms with Gasteiger partial charge in [0.15, 0.2) is 0 Å². The van der Waals surface area contributed by atoms with Crippen molar-refractivity contribution in [2.24, 2.45) is 0 Å². The van der Waals surface area contributed by atoms with E-state index in [1.165, 1.54) is 0 Å². The molecule has 1 aromatic rings. The van der Waals surface area contributed by atoms with Gasteiger partial charge < -0.3 is 30.3 Å². The molecule has 6 nitrogen and oxygen atoms in total. The zero-order valence-corrected chi connectivity index (χ0v) is 10.2. The van der Waals surface area contributed by atoms with Gasteiger partial charge >= 0.3 is 0 Å². The maximum atomic E-state index is 10.2. The van der Waals surface area contributed by atoms with E-state index in [4.69, 9.17) is 9.84 Å². The molecule has 1 saturated heterocycles. The molecule has 0 aromatic heterocycles. The fourth-order valence-electron chi connectivity index (χ4n) is 2.23. The lowest BCUT2D eigenvalue weighted by molar-refractivity contribution is -0.250. The lowest BCUT2D eigenvalue weighted by Crippen LogP contribution is -2.59. The molecule has 1 fully saturated rings. The van der Waals surface area contributed by atoms with Gasteiger partial charge in [0.1, 0.15) is 36.6 Å². The van der Waals surface area contributed by atoms with Crippen LogP contribution in [0.5, 0.6) is 0 Å². The Kier molecular flexibility index (Phi) is 4.51. The van der Waals surface area contributed by atoms with E-state index < -0.39 is 43.2 Å². The normalized spacial score (nSPS) is 37.0. The maximum absolute atomic E-state index is 10.2. The van der Waals surface area contributed by atoms with E-state index in [2.05, 4.69) is 0 Å².